The van der Waals surface area contributed by atoms with E-state index in [1.54, 1.807) is 62.2 Å². The Balaban J connectivity index is 1.13. The first kappa shape index (κ1) is 34.6. The van der Waals surface area contributed by atoms with Crippen molar-refractivity contribution in [1.29, 1.82) is 0 Å². The van der Waals surface area contributed by atoms with Crippen molar-refractivity contribution in [1.82, 2.24) is 14.5 Å². The minimum absolute atomic E-state index is 0.00595. The number of aromatic carboxylic acids is 1. The van der Waals surface area contributed by atoms with Crippen molar-refractivity contribution in [3.63, 3.8) is 0 Å². The highest BCUT2D eigenvalue weighted by atomic mass is 32.1. The first-order chi connectivity index (χ1) is 22.9. The second-order valence-electron chi connectivity index (χ2n) is 12.4. The van der Waals surface area contributed by atoms with E-state index in [2.05, 4.69) is 31.1 Å². The van der Waals surface area contributed by atoms with Crippen molar-refractivity contribution >= 4 is 51.6 Å². The van der Waals surface area contributed by atoms with Crippen LogP contribution in [-0.4, -0.2) is 63.7 Å². The number of fused-ring (bicyclic) bond motifs is 1. The fourth-order valence-corrected chi connectivity index (χ4v) is 6.68. The average molecular weight is 678 g/mol. The van der Waals surface area contributed by atoms with E-state index in [-0.39, 0.29) is 29.5 Å². The Morgan fingerprint density at radius 3 is 2.38 bits per heavy atom. The van der Waals surface area contributed by atoms with Crippen LogP contribution in [0.2, 0.25) is 0 Å². The second-order valence-corrected chi connectivity index (χ2v) is 13.4. The minimum Gasteiger partial charge on any atom is -0.477 e. The average Bonchev–Trinajstić information content (AvgIpc) is 3.57. The summed E-state index contributed by atoms with van der Waals surface area (Å²) in [6, 6.07) is 9.77. The summed E-state index contributed by atoms with van der Waals surface area (Å²) in [5.74, 6) is -1.68. The molecule has 1 aliphatic heterocycles. The van der Waals surface area contributed by atoms with Crippen molar-refractivity contribution in [2.24, 2.45) is 5.92 Å². The number of ether oxygens (including phenoxy) is 1. The lowest BCUT2D eigenvalue weighted by molar-refractivity contribution is -0.117. The van der Waals surface area contributed by atoms with E-state index in [0.717, 1.165) is 21.5 Å². The molecule has 4 aromatic rings. The van der Waals surface area contributed by atoms with Crippen molar-refractivity contribution < 1.29 is 28.6 Å². The van der Waals surface area contributed by atoms with Crippen LogP contribution >= 0.6 is 11.3 Å². The molecule has 1 aliphatic rings. The highest BCUT2D eigenvalue weighted by Crippen LogP contribution is 2.32. The molecular weight excluding hydrogens is 637 g/mol. The third-order valence-electron chi connectivity index (χ3n) is 8.93. The molecule has 0 radical (unpaired) electrons. The van der Waals surface area contributed by atoms with Crippen LogP contribution in [0, 0.1) is 11.7 Å². The Kier molecular flexibility index (Phi) is 10.5. The first-order valence-electron chi connectivity index (χ1n) is 16.0. The fourth-order valence-electron chi connectivity index (χ4n) is 5.48. The Labute approximate surface area is 282 Å². The lowest BCUT2D eigenvalue weighted by atomic mass is 9.99. The van der Waals surface area contributed by atoms with Gasteiger partial charge in [-0.25, -0.2) is 19.0 Å². The molecule has 11 nitrogen and oxygen atoms in total. The summed E-state index contributed by atoms with van der Waals surface area (Å²) in [7, 11) is 0. The van der Waals surface area contributed by atoms with Gasteiger partial charge in [-0.15, -0.1) is 11.3 Å². The van der Waals surface area contributed by atoms with Crippen molar-refractivity contribution in [2.45, 2.75) is 59.6 Å². The molecule has 0 spiro atoms. The highest BCUT2D eigenvalue weighted by Gasteiger charge is 2.26. The fraction of sp³-hybridized carbons (Fsp3) is 0.400. The van der Waals surface area contributed by atoms with Crippen LogP contribution in [-0.2, 0) is 22.7 Å². The number of aromatic nitrogens is 2. The third-order valence-corrected chi connectivity index (χ3v) is 10.3. The standard InChI is InChI=1S/C35H40FN5O6S/c1-6-39-18-26(34(44)45)31(42)25-15-27(36)29(16-28(25)39)40-11-13-41(14-12-40)35(46)47-19-23-7-9-24(10-8-23)38-32(43)22(5)30-17-37-33(48-30)21(4)20(2)3/h7-10,15-18,20-22H,6,11-14,19H2,1-5H3,(H,38,43)(H,44,45)/t21-,22-/m0/s1. The van der Waals surface area contributed by atoms with Crippen LogP contribution in [0.25, 0.3) is 10.9 Å². The van der Waals surface area contributed by atoms with Crippen LogP contribution in [0.3, 0.4) is 0 Å². The summed E-state index contributed by atoms with van der Waals surface area (Å²) in [5, 5.41) is 13.4. The molecule has 1 fully saturated rings. The van der Waals surface area contributed by atoms with E-state index < -0.39 is 28.9 Å². The van der Waals surface area contributed by atoms with E-state index in [0.29, 0.717) is 55.8 Å². The molecular formula is C35H40FN5O6S. The molecule has 254 valence electrons. The number of pyridine rings is 1. The molecule has 48 heavy (non-hydrogen) atoms. The van der Waals surface area contributed by atoms with E-state index in [9.17, 15) is 24.3 Å². The number of anilines is 2. The molecule has 3 heterocycles. The van der Waals surface area contributed by atoms with Crippen LogP contribution < -0.4 is 15.6 Å². The summed E-state index contributed by atoms with van der Waals surface area (Å²) >= 11 is 1.57. The SMILES string of the molecule is CCn1cc(C(=O)O)c(=O)c2cc(F)c(N3CCN(C(=O)OCc4ccc(NC(=O)[C@@H](C)c5cnc([C@@H](C)C(C)C)s5)cc4)CC3)cc21. The first-order valence-corrected chi connectivity index (χ1v) is 16.8. The number of carboxylic acid groups (broad SMARTS) is 1. The maximum atomic E-state index is 15.2. The van der Waals surface area contributed by atoms with Gasteiger partial charge < -0.3 is 29.5 Å². The van der Waals surface area contributed by atoms with Gasteiger partial charge in [0.15, 0.2) is 0 Å². The van der Waals surface area contributed by atoms with Crippen LogP contribution in [0.1, 0.15) is 72.3 Å². The number of carboxylic acids is 1. The number of piperazine rings is 1. The normalized spacial score (nSPS) is 14.6. The summed E-state index contributed by atoms with van der Waals surface area (Å²) in [6.45, 7) is 11.8. The molecule has 0 bridgehead atoms. The lowest BCUT2D eigenvalue weighted by Gasteiger charge is -2.35. The van der Waals surface area contributed by atoms with Gasteiger partial charge >= 0.3 is 12.1 Å². The van der Waals surface area contributed by atoms with E-state index >= 15 is 4.39 Å². The number of nitrogens with zero attached hydrogens (tertiary/aromatic N) is 4. The van der Waals surface area contributed by atoms with E-state index in [4.69, 9.17) is 4.74 Å². The Hall–Kier alpha value is -4.78. The van der Waals surface area contributed by atoms with Crippen LogP contribution in [0.5, 0.6) is 0 Å². The summed E-state index contributed by atoms with van der Waals surface area (Å²) < 4.78 is 22.4. The summed E-state index contributed by atoms with van der Waals surface area (Å²) in [4.78, 5) is 58.7. The molecule has 2 aromatic heterocycles. The Morgan fingerprint density at radius 2 is 1.75 bits per heavy atom. The largest absolute Gasteiger partial charge is 0.477 e. The molecule has 13 heteroatoms. The zero-order valence-corrected chi connectivity index (χ0v) is 28.5. The van der Waals surface area contributed by atoms with Gasteiger partial charge in [-0.2, -0.15) is 0 Å². The van der Waals surface area contributed by atoms with Gasteiger partial charge in [0.05, 0.1) is 22.1 Å². The predicted molar refractivity (Wildman–Crippen MR) is 184 cm³/mol. The summed E-state index contributed by atoms with van der Waals surface area (Å²) in [5.41, 5.74) is 0.974. The summed E-state index contributed by atoms with van der Waals surface area (Å²) in [6.07, 6.45) is 2.57. The number of hydrogen-bond donors (Lipinski definition) is 2. The van der Waals surface area contributed by atoms with Crippen molar-refractivity contribution in [3.05, 3.63) is 85.8 Å². The molecule has 0 unspecified atom stereocenters. The maximum Gasteiger partial charge on any atom is 0.410 e. The number of amides is 2. The van der Waals surface area contributed by atoms with Gasteiger partial charge in [-0.05, 0) is 49.6 Å². The number of thiazole rings is 1. The van der Waals surface area contributed by atoms with Crippen molar-refractivity contribution in [2.75, 3.05) is 36.4 Å². The molecule has 5 rings (SSSR count). The number of hydrogen-bond acceptors (Lipinski definition) is 8. The number of halogens is 1. The van der Waals surface area contributed by atoms with Gasteiger partial charge in [0, 0.05) is 67.0 Å². The molecule has 2 atom stereocenters. The monoisotopic (exact) mass is 677 g/mol. The highest BCUT2D eigenvalue weighted by molar-refractivity contribution is 7.11. The number of rotatable bonds is 10. The van der Waals surface area contributed by atoms with E-state index in [1.165, 1.54) is 6.20 Å². The zero-order chi connectivity index (χ0) is 34.7. The molecule has 2 amide bonds. The smallest absolute Gasteiger partial charge is 0.410 e. The van der Waals surface area contributed by atoms with Gasteiger partial charge in [0.1, 0.15) is 18.0 Å². The second kappa shape index (κ2) is 14.5. The molecule has 0 aliphatic carbocycles. The number of carbonyl (C=O) groups is 3. The quantitative estimate of drug-likeness (QED) is 0.201. The number of carbonyl (C=O) groups excluding carboxylic acids is 2. The van der Waals surface area contributed by atoms with Gasteiger partial charge in [0.25, 0.3) is 0 Å². The topological polar surface area (TPSA) is 134 Å². The molecule has 0 saturated carbocycles. The molecule has 1 saturated heterocycles. The van der Waals surface area contributed by atoms with Crippen molar-refractivity contribution in [3.8, 4) is 0 Å². The van der Waals surface area contributed by atoms with Crippen LogP contribution in [0.15, 0.2) is 53.6 Å². The van der Waals surface area contributed by atoms with Crippen LogP contribution in [0.4, 0.5) is 20.6 Å². The molecule has 2 aromatic carbocycles. The number of aryl methyl sites for hydroxylation is 1. The third kappa shape index (κ3) is 7.35. The lowest BCUT2D eigenvalue weighted by Crippen LogP contribution is -2.49. The Bertz CT molecular complexity index is 1880. The minimum atomic E-state index is -1.36. The molecule has 2 N–H and O–H groups in total. The van der Waals surface area contributed by atoms with E-state index in [1.807, 2.05) is 13.8 Å². The zero-order valence-electron chi connectivity index (χ0n) is 27.7. The predicted octanol–water partition coefficient (Wildman–Crippen LogP) is 6.28. The van der Waals surface area contributed by atoms with Gasteiger partial charge in [0.2, 0.25) is 11.3 Å². The Morgan fingerprint density at radius 1 is 1.06 bits per heavy atom. The number of benzene rings is 2. The number of nitrogens with one attached hydrogen (secondary N) is 1. The maximum absolute atomic E-state index is 15.2. The van der Waals surface area contributed by atoms with Gasteiger partial charge in [-0.1, -0.05) is 32.9 Å². The van der Waals surface area contributed by atoms with Gasteiger partial charge in [-0.3, -0.25) is 9.59 Å².